The van der Waals surface area contributed by atoms with Crippen LogP contribution in [0.2, 0.25) is 0 Å². The lowest BCUT2D eigenvalue weighted by Gasteiger charge is -2.37. The van der Waals surface area contributed by atoms with Gasteiger partial charge in [0.25, 0.3) is 0 Å². The second-order valence-corrected chi connectivity index (χ2v) is 4.61. The first-order valence-electron chi connectivity index (χ1n) is 6.54. The normalized spacial score (nSPS) is 19.0. The molecule has 0 saturated carbocycles. The third kappa shape index (κ3) is 4.11. The second-order valence-electron chi connectivity index (χ2n) is 4.61. The molecule has 7 heteroatoms. The van der Waals surface area contributed by atoms with Crippen molar-refractivity contribution in [3.8, 4) is 0 Å². The molecule has 19 heavy (non-hydrogen) atoms. The Kier molecular flexibility index (Phi) is 5.59. The number of hydrogen-bond donors (Lipinski definition) is 2. The first-order valence-corrected chi connectivity index (χ1v) is 6.54. The largest absolute Gasteiger partial charge is 0.481 e. The van der Waals surface area contributed by atoms with Gasteiger partial charge in [0, 0.05) is 19.6 Å². The second kappa shape index (κ2) is 6.96. The van der Waals surface area contributed by atoms with Crippen molar-refractivity contribution in [2.24, 2.45) is 5.73 Å². The highest BCUT2D eigenvalue weighted by atomic mass is 16.4. The van der Waals surface area contributed by atoms with E-state index in [1.807, 2.05) is 0 Å². The summed E-state index contributed by atoms with van der Waals surface area (Å²) in [6.45, 7) is 2.83. The number of hydrogen-bond acceptors (Lipinski definition) is 3. The van der Waals surface area contributed by atoms with E-state index in [0.29, 0.717) is 19.5 Å². The van der Waals surface area contributed by atoms with Crippen LogP contribution in [0, 0.1) is 0 Å². The molecule has 1 saturated heterocycles. The average molecular weight is 271 g/mol. The van der Waals surface area contributed by atoms with Crippen LogP contribution >= 0.6 is 0 Å². The summed E-state index contributed by atoms with van der Waals surface area (Å²) in [6, 6.07) is -0.868. The fraction of sp³-hybridized carbons (Fsp3) is 0.750. The molecule has 3 N–H and O–H groups in total. The van der Waals surface area contributed by atoms with E-state index in [0.717, 1.165) is 12.8 Å². The molecule has 0 aromatic heterocycles. The minimum absolute atomic E-state index is 0.103. The van der Waals surface area contributed by atoms with E-state index in [-0.39, 0.29) is 19.0 Å². The summed E-state index contributed by atoms with van der Waals surface area (Å²) in [4.78, 5) is 37.1. The summed E-state index contributed by atoms with van der Waals surface area (Å²) < 4.78 is 0. The molecular formula is C12H21N3O4. The highest BCUT2D eigenvalue weighted by Gasteiger charge is 2.32. The quantitative estimate of drug-likeness (QED) is 0.747. The number of carbonyl (C=O) groups excluding carboxylic acids is 2. The number of primary amides is 1. The first kappa shape index (κ1) is 15.3. The Hall–Kier alpha value is -1.79. The lowest BCUT2D eigenvalue weighted by molar-refractivity contribution is -0.137. The third-order valence-electron chi connectivity index (χ3n) is 3.32. The minimum Gasteiger partial charge on any atom is -0.481 e. The molecule has 1 atom stereocenters. The Morgan fingerprint density at radius 1 is 1.37 bits per heavy atom. The van der Waals surface area contributed by atoms with Gasteiger partial charge in [-0.2, -0.15) is 0 Å². The fourth-order valence-electron chi connectivity index (χ4n) is 2.26. The van der Waals surface area contributed by atoms with Crippen molar-refractivity contribution < 1.29 is 19.5 Å². The van der Waals surface area contributed by atoms with Crippen LogP contribution in [0.5, 0.6) is 0 Å². The van der Waals surface area contributed by atoms with E-state index in [9.17, 15) is 14.4 Å². The van der Waals surface area contributed by atoms with Crippen LogP contribution in [0.15, 0.2) is 0 Å². The average Bonchev–Trinajstić information content (AvgIpc) is 2.38. The van der Waals surface area contributed by atoms with E-state index < -0.39 is 17.9 Å². The number of piperidine rings is 1. The Labute approximate surface area is 112 Å². The molecule has 0 aliphatic carbocycles. The summed E-state index contributed by atoms with van der Waals surface area (Å²) in [6.07, 6.45) is 2.19. The third-order valence-corrected chi connectivity index (χ3v) is 3.32. The molecule has 108 valence electrons. The van der Waals surface area contributed by atoms with Crippen molar-refractivity contribution >= 4 is 17.9 Å². The molecule has 0 bridgehead atoms. The molecular weight excluding hydrogens is 250 g/mol. The van der Waals surface area contributed by atoms with Gasteiger partial charge in [-0.3, -0.25) is 9.59 Å². The fourth-order valence-corrected chi connectivity index (χ4v) is 2.26. The number of carboxylic acids is 1. The zero-order valence-corrected chi connectivity index (χ0v) is 11.2. The molecule has 1 aliphatic heterocycles. The van der Waals surface area contributed by atoms with E-state index in [1.54, 1.807) is 6.92 Å². The number of aliphatic carboxylic acids is 1. The van der Waals surface area contributed by atoms with E-state index in [1.165, 1.54) is 9.80 Å². The maximum Gasteiger partial charge on any atom is 0.320 e. The summed E-state index contributed by atoms with van der Waals surface area (Å²) in [5, 5.41) is 8.66. The SMILES string of the molecule is CCN(CCC(=O)O)C(=O)N1CCCCC1C(N)=O. The Morgan fingerprint density at radius 2 is 2.05 bits per heavy atom. The molecule has 1 unspecified atom stereocenters. The Balaban J connectivity index is 2.70. The van der Waals surface area contributed by atoms with Crippen LogP contribution in [-0.4, -0.2) is 58.5 Å². The molecule has 0 spiro atoms. The lowest BCUT2D eigenvalue weighted by Crippen LogP contribution is -2.55. The monoisotopic (exact) mass is 271 g/mol. The summed E-state index contributed by atoms with van der Waals surface area (Å²) >= 11 is 0. The maximum absolute atomic E-state index is 12.3. The van der Waals surface area contributed by atoms with Gasteiger partial charge in [0.1, 0.15) is 6.04 Å². The summed E-state index contributed by atoms with van der Waals surface area (Å²) in [7, 11) is 0. The van der Waals surface area contributed by atoms with Gasteiger partial charge in [0.2, 0.25) is 5.91 Å². The molecule has 1 fully saturated rings. The first-order chi connectivity index (χ1) is 8.97. The van der Waals surface area contributed by atoms with E-state index >= 15 is 0 Å². The van der Waals surface area contributed by atoms with Crippen LogP contribution in [0.1, 0.15) is 32.6 Å². The van der Waals surface area contributed by atoms with Gasteiger partial charge < -0.3 is 20.6 Å². The smallest absolute Gasteiger partial charge is 0.320 e. The maximum atomic E-state index is 12.3. The van der Waals surface area contributed by atoms with Gasteiger partial charge in [0.15, 0.2) is 0 Å². The van der Waals surface area contributed by atoms with Crippen molar-refractivity contribution in [1.29, 1.82) is 0 Å². The number of urea groups is 1. The summed E-state index contributed by atoms with van der Waals surface area (Å²) in [5.74, 6) is -1.45. The van der Waals surface area contributed by atoms with Gasteiger partial charge in [-0.25, -0.2) is 4.79 Å². The van der Waals surface area contributed by atoms with Crippen LogP contribution in [-0.2, 0) is 9.59 Å². The molecule has 3 amide bonds. The zero-order chi connectivity index (χ0) is 14.4. The molecule has 0 radical (unpaired) electrons. The van der Waals surface area contributed by atoms with Crippen LogP contribution < -0.4 is 5.73 Å². The van der Waals surface area contributed by atoms with Crippen molar-refractivity contribution in [1.82, 2.24) is 9.80 Å². The predicted molar refractivity (Wildman–Crippen MR) is 68.4 cm³/mol. The standard InChI is InChI=1S/C12H21N3O4/c1-2-14(8-6-10(16)17)12(19)15-7-4-3-5-9(15)11(13)18/h9H,2-8H2,1H3,(H2,13,18)(H,16,17). The van der Waals surface area contributed by atoms with Gasteiger partial charge in [-0.05, 0) is 26.2 Å². The van der Waals surface area contributed by atoms with Gasteiger partial charge in [-0.15, -0.1) is 0 Å². The number of nitrogens with zero attached hydrogens (tertiary/aromatic N) is 2. The number of carbonyl (C=O) groups is 3. The number of amides is 3. The van der Waals surface area contributed by atoms with Crippen molar-refractivity contribution in [3.63, 3.8) is 0 Å². The highest BCUT2D eigenvalue weighted by Crippen LogP contribution is 2.18. The molecule has 0 aromatic carbocycles. The van der Waals surface area contributed by atoms with Gasteiger partial charge in [0.05, 0.1) is 6.42 Å². The lowest BCUT2D eigenvalue weighted by atomic mass is 10.0. The minimum atomic E-state index is -0.948. The van der Waals surface area contributed by atoms with Gasteiger partial charge in [-0.1, -0.05) is 0 Å². The van der Waals surface area contributed by atoms with E-state index in [4.69, 9.17) is 10.8 Å². The number of carboxylic acid groups (broad SMARTS) is 1. The topological polar surface area (TPSA) is 104 Å². The van der Waals surface area contributed by atoms with Crippen molar-refractivity contribution in [2.75, 3.05) is 19.6 Å². The Bertz CT molecular complexity index is 359. The number of nitrogens with two attached hydrogens (primary N) is 1. The molecule has 1 heterocycles. The molecule has 7 nitrogen and oxygen atoms in total. The number of rotatable bonds is 5. The van der Waals surface area contributed by atoms with Gasteiger partial charge >= 0.3 is 12.0 Å². The van der Waals surface area contributed by atoms with Crippen molar-refractivity contribution in [2.45, 2.75) is 38.6 Å². The highest BCUT2D eigenvalue weighted by molar-refractivity contribution is 5.86. The number of likely N-dealkylation sites (tertiary alicyclic amines) is 1. The molecule has 1 rings (SSSR count). The zero-order valence-electron chi connectivity index (χ0n) is 11.2. The predicted octanol–water partition coefficient (Wildman–Crippen LogP) is 0.243. The van der Waals surface area contributed by atoms with Crippen molar-refractivity contribution in [3.05, 3.63) is 0 Å². The summed E-state index contributed by atoms with van der Waals surface area (Å²) in [5.41, 5.74) is 5.31. The molecule has 1 aliphatic rings. The van der Waals surface area contributed by atoms with Crippen LogP contribution in [0.3, 0.4) is 0 Å². The van der Waals surface area contributed by atoms with Crippen LogP contribution in [0.4, 0.5) is 4.79 Å². The molecule has 0 aromatic rings. The van der Waals surface area contributed by atoms with Crippen LogP contribution in [0.25, 0.3) is 0 Å². The Morgan fingerprint density at radius 3 is 2.58 bits per heavy atom. The van der Waals surface area contributed by atoms with E-state index in [2.05, 4.69) is 0 Å².